The number of ether oxygens (including phenoxy) is 7. The molecule has 1 aromatic heterocycles. The molecule has 0 bridgehead atoms. The van der Waals surface area contributed by atoms with Crippen LogP contribution in [0.5, 0.6) is 0 Å². The molecule has 20 atom stereocenters. The molecule has 0 saturated carbocycles. The van der Waals surface area contributed by atoms with Crippen molar-refractivity contribution in [2.75, 3.05) is 48.1 Å². The van der Waals surface area contributed by atoms with Crippen molar-refractivity contribution in [2.24, 2.45) is 17.8 Å². The van der Waals surface area contributed by atoms with Crippen LogP contribution in [0.4, 0.5) is 4.39 Å². The number of alkyl halides is 1. The number of hydrogen-bond donors (Lipinski definition) is 5. The second-order valence-corrected chi connectivity index (χ2v) is 28.9. The molecular weight excluding hydrogens is 998 g/mol. The lowest BCUT2D eigenvalue weighted by atomic mass is 9.77. The van der Waals surface area contributed by atoms with Gasteiger partial charge >= 0.3 is 5.97 Å². The lowest BCUT2D eigenvalue weighted by molar-refractivity contribution is -0.318. The van der Waals surface area contributed by atoms with Crippen LogP contribution in [0, 0.1) is 29.2 Å². The quantitative estimate of drug-likeness (QED) is 0.0876. The number of benzene rings is 1. The van der Waals surface area contributed by atoms with E-state index in [2.05, 4.69) is 41.4 Å². The topological polar surface area (TPSA) is 220 Å². The first-order chi connectivity index (χ1) is 35.4. The lowest BCUT2D eigenvalue weighted by Gasteiger charge is -2.49. The van der Waals surface area contributed by atoms with Crippen LogP contribution in [0.15, 0.2) is 30.5 Å². The summed E-state index contributed by atoms with van der Waals surface area (Å²) in [5, 5.41) is 68.6. The first-order valence-corrected chi connectivity index (χ1v) is 30.8. The van der Waals surface area contributed by atoms with Gasteiger partial charge in [-0.2, -0.15) is 0 Å². The molecule has 0 amide bonds. The number of nitrogens with zero attached hydrogens (tertiary/aromatic N) is 5. The minimum atomic E-state index is -1.85. The summed E-state index contributed by atoms with van der Waals surface area (Å²) in [6.07, 6.45) is -7.94. The highest BCUT2D eigenvalue weighted by Gasteiger charge is 2.53. The zero-order chi connectivity index (χ0) is 56.8. The van der Waals surface area contributed by atoms with Crippen molar-refractivity contribution in [3.8, 4) is 11.5 Å². The predicted molar refractivity (Wildman–Crippen MR) is 288 cm³/mol. The van der Waals surface area contributed by atoms with Crippen molar-refractivity contribution in [1.82, 2.24) is 24.8 Å². The molecule has 0 spiro atoms. The number of cyclic esters (lactones) is 1. The Kier molecular flexibility index (Phi) is 22.3. The Balaban J connectivity index is 1.43. The van der Waals surface area contributed by atoms with Crippen LogP contribution in [-0.4, -0.2) is 203 Å². The van der Waals surface area contributed by atoms with Gasteiger partial charge in [0, 0.05) is 69.9 Å². The van der Waals surface area contributed by atoms with E-state index in [1.165, 1.54) is 18.7 Å². The molecule has 3 aliphatic heterocycles. The van der Waals surface area contributed by atoms with E-state index in [0.717, 1.165) is 11.1 Å². The summed E-state index contributed by atoms with van der Waals surface area (Å²) in [6.45, 7) is 24.1. The molecule has 5 rings (SSSR count). The maximum absolute atomic E-state index is 14.9. The van der Waals surface area contributed by atoms with Crippen LogP contribution in [0.25, 0.3) is 0 Å². The predicted octanol–water partition coefficient (Wildman–Crippen LogP) is 5.23. The van der Waals surface area contributed by atoms with Crippen molar-refractivity contribution in [1.29, 1.82) is 0 Å². The van der Waals surface area contributed by atoms with E-state index in [-0.39, 0.29) is 25.2 Å². The van der Waals surface area contributed by atoms with Gasteiger partial charge in [0.25, 0.3) is 0 Å². The highest BCUT2D eigenvalue weighted by Crippen LogP contribution is 2.41. The van der Waals surface area contributed by atoms with E-state index in [1.807, 2.05) is 62.0 Å². The second-order valence-electron chi connectivity index (χ2n) is 24.1. The molecular formula is C56H94FN5O13Si. The first-order valence-electron chi connectivity index (χ1n) is 27.3. The summed E-state index contributed by atoms with van der Waals surface area (Å²) in [7, 11) is 5.20. The zero-order valence-corrected chi connectivity index (χ0v) is 49.5. The van der Waals surface area contributed by atoms with Gasteiger partial charge in [0.2, 0.25) is 0 Å². The van der Waals surface area contributed by atoms with Crippen LogP contribution >= 0.6 is 0 Å². The van der Waals surface area contributed by atoms with E-state index in [1.54, 1.807) is 61.8 Å². The largest absolute Gasteiger partial charge is 0.459 e. The molecule has 0 unspecified atom stereocenters. The molecule has 76 heavy (non-hydrogen) atoms. The van der Waals surface area contributed by atoms with Crippen molar-refractivity contribution in [3.63, 3.8) is 0 Å². The number of aliphatic hydroxyl groups excluding tert-OH is 3. The fraction of sp³-hybridized carbons (Fsp3) is 0.804. The minimum Gasteiger partial charge on any atom is -0.459 e. The number of likely N-dealkylation sites (N-methyl/N-ethyl adjacent to an activating group) is 2. The highest BCUT2D eigenvalue weighted by atomic mass is 28.3. The number of halogens is 1. The summed E-state index contributed by atoms with van der Waals surface area (Å²) in [6, 6.07) is 5.79. The number of aliphatic hydroxyl groups is 5. The molecule has 5 N–H and O–H groups in total. The van der Waals surface area contributed by atoms with Crippen LogP contribution in [0.3, 0.4) is 0 Å². The Morgan fingerprint density at radius 1 is 0.974 bits per heavy atom. The second kappa shape index (κ2) is 26.5. The Hall–Kier alpha value is -2.98. The van der Waals surface area contributed by atoms with Gasteiger partial charge in [0.1, 0.15) is 56.9 Å². The van der Waals surface area contributed by atoms with Gasteiger partial charge in [-0.3, -0.25) is 4.79 Å². The number of carbonyl (C=O) groups excluding carboxylic acids is 1. The molecule has 2 aromatic rings. The van der Waals surface area contributed by atoms with Crippen LogP contribution in [0.1, 0.15) is 124 Å². The van der Waals surface area contributed by atoms with E-state index < -0.39 is 135 Å². The first kappa shape index (κ1) is 63.8. The monoisotopic (exact) mass is 1090 g/mol. The molecule has 1 aromatic carbocycles. The normalized spacial score (nSPS) is 38.6. The van der Waals surface area contributed by atoms with Gasteiger partial charge in [0.15, 0.2) is 12.6 Å². The number of hydrogen-bond acceptors (Lipinski definition) is 17. The van der Waals surface area contributed by atoms with Crippen molar-refractivity contribution >= 4 is 14.0 Å². The third-order valence-corrected chi connectivity index (χ3v) is 17.2. The molecule has 0 radical (unpaired) electrons. The Bertz CT molecular complexity index is 2210. The Morgan fingerprint density at radius 2 is 1.63 bits per heavy atom. The smallest absolute Gasteiger partial charge is 0.311 e. The molecule has 3 aliphatic rings. The fourth-order valence-corrected chi connectivity index (χ4v) is 12.0. The van der Waals surface area contributed by atoms with E-state index >= 15 is 0 Å². The van der Waals surface area contributed by atoms with Crippen LogP contribution < -0.4 is 0 Å². The molecule has 0 aliphatic carbocycles. The number of aromatic nitrogens is 3. The summed E-state index contributed by atoms with van der Waals surface area (Å²) in [4.78, 5) is 18.4. The van der Waals surface area contributed by atoms with Crippen molar-refractivity contribution in [3.05, 3.63) is 47.3 Å². The molecule has 3 saturated heterocycles. The van der Waals surface area contributed by atoms with E-state index in [4.69, 9.17) is 33.2 Å². The highest BCUT2D eigenvalue weighted by molar-refractivity contribution is 6.83. The minimum absolute atomic E-state index is 0.0852. The fourth-order valence-electron chi connectivity index (χ4n) is 11.5. The molecule has 4 heterocycles. The molecule has 3 fully saturated rings. The van der Waals surface area contributed by atoms with Gasteiger partial charge in [0.05, 0.1) is 47.2 Å². The molecule has 20 heteroatoms. The van der Waals surface area contributed by atoms with Gasteiger partial charge < -0.3 is 68.5 Å². The maximum Gasteiger partial charge on any atom is 0.311 e. The van der Waals surface area contributed by atoms with Crippen LogP contribution in [0.2, 0.25) is 19.6 Å². The number of esters is 1. The van der Waals surface area contributed by atoms with Crippen LogP contribution in [-0.2, 0) is 44.4 Å². The third kappa shape index (κ3) is 15.5. The summed E-state index contributed by atoms with van der Waals surface area (Å²) in [5.74, 6) is 0.383. The molecule has 18 nitrogen and oxygen atoms in total. The van der Waals surface area contributed by atoms with Crippen molar-refractivity contribution in [2.45, 2.75) is 223 Å². The van der Waals surface area contributed by atoms with E-state index in [9.17, 15) is 34.7 Å². The van der Waals surface area contributed by atoms with E-state index in [0.29, 0.717) is 31.6 Å². The zero-order valence-electron chi connectivity index (χ0n) is 48.5. The standard InChI is InChI=1S/C56H94FN5O13Si/c1-18-44-56(10,68)49(64)37(6)61(12)31-33(2)28-54(8,67)51(35(4)47(36(5)52(66)73-44)74-45-29-55(9,70-14)50(65)38(7)72-45)75-53-46(63)42(27-34(3)71-53)60(11)25-23-41-32-62(59-58-41)43(30-57)48(69-13)40-21-19-39(20-22-40)24-26-76(15,16)17/h19-22,32-38,42-51,53,63-65,67-68H,18,23,25,27-31H2,1-17H3/t33-,34-,35+,36-,37-,38+,42+,43-,44-,45+,46-,47+,48-,49-,50+,51-,53+,54-,55-,56-/m1/s1. The summed E-state index contributed by atoms with van der Waals surface area (Å²) in [5.41, 5.74) is 1.07. The third-order valence-electron chi connectivity index (χ3n) is 16.3. The van der Waals surface area contributed by atoms with Gasteiger partial charge in [-0.05, 0) is 105 Å². The van der Waals surface area contributed by atoms with Gasteiger partial charge in [-0.15, -0.1) is 10.6 Å². The number of carbonyl (C=O) groups is 1. The summed E-state index contributed by atoms with van der Waals surface area (Å²) >= 11 is 0. The van der Waals surface area contributed by atoms with Crippen molar-refractivity contribution < 1.29 is 67.9 Å². The van der Waals surface area contributed by atoms with Gasteiger partial charge in [-0.1, -0.05) is 63.7 Å². The average molecular weight is 1090 g/mol. The molecule has 432 valence electrons. The number of methoxy groups -OCH3 is 2. The Labute approximate surface area is 453 Å². The number of rotatable bonds is 15. The Morgan fingerprint density at radius 3 is 2.22 bits per heavy atom. The lowest BCUT2D eigenvalue weighted by Crippen LogP contribution is -2.61. The maximum atomic E-state index is 14.9. The van der Waals surface area contributed by atoms with Gasteiger partial charge in [-0.25, -0.2) is 9.07 Å². The SMILES string of the molecule is CC[C@H]1OC(=O)[C@H](C)[C@@H](O[C@H]2C[C@@](C)(OC)[C@@H](O)[C@H](C)O2)[C@H](C)[C@@H](O[C@@H]2O[C@H](C)C[C@H](N(C)CCc3cn([C@H](CF)[C@H](OC)c4ccc(C#C[Si](C)(C)C)cc4)nn3)[C@H]2O)[C@](C)(O)C[C@@H](C)CN(C)[C@H](C)[C@@H](O)[C@]1(C)O. The average Bonchev–Trinajstić information content (AvgIpc) is 3.83. The summed E-state index contributed by atoms with van der Waals surface area (Å²) < 4.78 is 60.6.